The quantitative estimate of drug-likeness (QED) is 0.571. The lowest BCUT2D eigenvalue weighted by atomic mass is 9.76. The third-order valence-corrected chi connectivity index (χ3v) is 5.48. The first-order valence-corrected chi connectivity index (χ1v) is 10.4. The molecule has 0 spiro atoms. The van der Waals surface area contributed by atoms with E-state index in [9.17, 15) is 32.7 Å². The van der Waals surface area contributed by atoms with E-state index in [0.717, 1.165) is 12.1 Å². The molecule has 10 heteroatoms. The van der Waals surface area contributed by atoms with E-state index < -0.39 is 53.0 Å². The topological polar surface area (TPSA) is 93.1 Å². The Hall–Kier alpha value is -3.14. The highest BCUT2D eigenvalue weighted by Gasteiger charge is 2.44. The normalized spacial score (nSPS) is 17.2. The van der Waals surface area contributed by atoms with E-state index in [0.29, 0.717) is 0 Å². The zero-order chi connectivity index (χ0) is 26.0. The number of carbonyl (C=O) groups is 3. The molecule has 0 fully saturated rings. The summed E-state index contributed by atoms with van der Waals surface area (Å²) < 4.78 is 51.9. The van der Waals surface area contributed by atoms with Crippen LogP contribution in [0.4, 0.5) is 13.2 Å². The molecule has 1 atom stereocenters. The van der Waals surface area contributed by atoms with Crippen molar-refractivity contribution < 1.29 is 42.1 Å². The molecule has 1 unspecified atom stereocenters. The van der Waals surface area contributed by atoms with E-state index >= 15 is 0 Å². The zero-order valence-corrected chi connectivity index (χ0v) is 19.9. The predicted octanol–water partition coefficient (Wildman–Crippen LogP) is 4.50. The number of ether oxygens (including phenoxy) is 2. The van der Waals surface area contributed by atoms with Crippen molar-refractivity contribution >= 4 is 17.7 Å². The highest BCUT2D eigenvalue weighted by molar-refractivity contribution is 6.04. The molecule has 34 heavy (non-hydrogen) atoms. The number of aliphatic carboxylic acids is 1. The Balaban J connectivity index is 2.75. The lowest BCUT2D eigenvalue weighted by Gasteiger charge is -2.38. The third kappa shape index (κ3) is 5.49. The number of benzene rings is 1. The fourth-order valence-electron chi connectivity index (χ4n) is 3.81. The number of rotatable bonds is 7. The summed E-state index contributed by atoms with van der Waals surface area (Å²) in [4.78, 5) is 39.2. The smallest absolute Gasteiger partial charge is 0.416 e. The molecule has 0 aromatic heterocycles. The number of alkyl halides is 3. The van der Waals surface area contributed by atoms with Gasteiger partial charge in [-0.15, -0.1) is 0 Å². The van der Waals surface area contributed by atoms with Gasteiger partial charge in [-0.1, -0.05) is 18.2 Å². The fraction of sp³-hybridized carbons (Fsp3) is 0.458. The highest BCUT2D eigenvalue weighted by atomic mass is 19.4. The van der Waals surface area contributed by atoms with Crippen molar-refractivity contribution in [2.75, 3.05) is 20.4 Å². The summed E-state index contributed by atoms with van der Waals surface area (Å²) in [6.45, 7) is 6.80. The van der Waals surface area contributed by atoms with E-state index in [1.54, 1.807) is 20.8 Å². The number of methoxy groups -OCH3 is 1. The SMILES string of the molecule is COCN1C(C)=C(C(=O)O)C(c2ccccc2C(F)(F)F)C(C(=O)COC(=O)C(C)(C)C)=C1C. The molecule has 0 saturated heterocycles. The lowest BCUT2D eigenvalue weighted by Crippen LogP contribution is -2.37. The van der Waals surface area contributed by atoms with Crippen LogP contribution >= 0.6 is 0 Å². The summed E-state index contributed by atoms with van der Waals surface area (Å²) in [6, 6.07) is 4.52. The first kappa shape index (κ1) is 27.1. The number of carboxylic acids is 1. The number of hydrogen-bond donors (Lipinski definition) is 1. The van der Waals surface area contributed by atoms with E-state index in [1.807, 2.05) is 0 Å². The van der Waals surface area contributed by atoms with Crippen LogP contribution in [0.1, 0.15) is 51.7 Å². The maximum atomic E-state index is 13.9. The molecule has 186 valence electrons. The van der Waals surface area contributed by atoms with Gasteiger partial charge in [-0.05, 0) is 46.2 Å². The summed E-state index contributed by atoms with van der Waals surface area (Å²) >= 11 is 0. The van der Waals surface area contributed by atoms with Crippen molar-refractivity contribution in [3.8, 4) is 0 Å². The molecule has 0 saturated carbocycles. The first-order chi connectivity index (χ1) is 15.6. The average molecular weight is 483 g/mol. The maximum absolute atomic E-state index is 13.9. The number of halogens is 3. The number of hydrogen-bond acceptors (Lipinski definition) is 6. The van der Waals surface area contributed by atoms with Crippen molar-refractivity contribution in [2.45, 2.75) is 46.7 Å². The second-order valence-electron chi connectivity index (χ2n) is 8.92. The van der Waals surface area contributed by atoms with E-state index in [4.69, 9.17) is 9.47 Å². The minimum Gasteiger partial charge on any atom is -0.478 e. The molecule has 2 rings (SSSR count). The molecule has 0 bridgehead atoms. The number of Topliss-reactive ketones (excluding diaryl/α,β-unsaturated/α-hetero) is 1. The van der Waals surface area contributed by atoms with Crippen LogP contribution in [-0.4, -0.2) is 48.2 Å². The second kappa shape index (κ2) is 10.0. The molecular weight excluding hydrogens is 455 g/mol. The van der Waals surface area contributed by atoms with Gasteiger partial charge in [0.15, 0.2) is 12.4 Å². The second-order valence-corrected chi connectivity index (χ2v) is 8.92. The zero-order valence-electron chi connectivity index (χ0n) is 19.9. The van der Waals surface area contributed by atoms with Crippen LogP contribution in [0.25, 0.3) is 0 Å². The van der Waals surface area contributed by atoms with E-state index in [1.165, 1.54) is 38.0 Å². The number of nitrogens with zero attached hydrogens (tertiary/aromatic N) is 1. The molecule has 0 amide bonds. The van der Waals surface area contributed by atoms with Crippen LogP contribution in [0.2, 0.25) is 0 Å². The molecule has 1 aromatic carbocycles. The van der Waals surface area contributed by atoms with E-state index in [-0.39, 0.29) is 29.3 Å². The Labute approximate surface area is 195 Å². The third-order valence-electron chi connectivity index (χ3n) is 5.48. The fourth-order valence-corrected chi connectivity index (χ4v) is 3.81. The van der Waals surface area contributed by atoms with Crippen molar-refractivity contribution in [2.24, 2.45) is 5.41 Å². The van der Waals surface area contributed by atoms with Gasteiger partial charge >= 0.3 is 18.1 Å². The summed E-state index contributed by atoms with van der Waals surface area (Å²) in [5, 5.41) is 10.0. The molecular formula is C24H28F3NO6. The van der Waals surface area contributed by atoms with Gasteiger partial charge in [-0.2, -0.15) is 13.2 Å². The summed E-state index contributed by atoms with van der Waals surface area (Å²) in [7, 11) is 1.36. The van der Waals surface area contributed by atoms with Crippen molar-refractivity contribution in [1.82, 2.24) is 4.90 Å². The lowest BCUT2D eigenvalue weighted by molar-refractivity contribution is -0.155. The van der Waals surface area contributed by atoms with Gasteiger partial charge in [0.05, 0.1) is 16.6 Å². The molecule has 1 aromatic rings. The summed E-state index contributed by atoms with van der Waals surface area (Å²) in [5.74, 6) is -4.50. The Bertz CT molecular complexity index is 1050. The first-order valence-electron chi connectivity index (χ1n) is 10.4. The predicted molar refractivity (Wildman–Crippen MR) is 116 cm³/mol. The monoisotopic (exact) mass is 483 g/mol. The van der Waals surface area contributed by atoms with Gasteiger partial charge < -0.3 is 19.5 Å². The number of carboxylic acid groups (broad SMARTS) is 1. The van der Waals surface area contributed by atoms with Crippen LogP contribution in [0.3, 0.4) is 0 Å². The van der Waals surface area contributed by atoms with Gasteiger partial charge in [0, 0.05) is 30.0 Å². The van der Waals surface area contributed by atoms with Crippen LogP contribution in [-0.2, 0) is 30.0 Å². The Kier molecular flexibility index (Phi) is 7.98. The standard InChI is InChI=1S/C24H28F3NO6/c1-13-18(17(29)11-34-22(32)23(3,4)5)20(15-9-7-8-10-16(15)24(25,26)27)19(21(30)31)14(2)28(13)12-33-6/h7-10,20H,11-12H2,1-6H3,(H,30,31). The van der Waals surface area contributed by atoms with Gasteiger partial charge in [0.25, 0.3) is 0 Å². The summed E-state index contributed by atoms with van der Waals surface area (Å²) in [6.07, 6.45) is -4.79. The Morgan fingerprint density at radius 3 is 2.09 bits per heavy atom. The maximum Gasteiger partial charge on any atom is 0.416 e. The molecule has 1 N–H and O–H groups in total. The van der Waals surface area contributed by atoms with Crippen LogP contribution in [0.5, 0.6) is 0 Å². The number of allylic oxidation sites excluding steroid dienone is 2. The average Bonchev–Trinajstić information content (AvgIpc) is 2.72. The minimum atomic E-state index is -4.79. The van der Waals surface area contributed by atoms with Gasteiger partial charge in [-0.25, -0.2) is 4.79 Å². The Morgan fingerprint density at radius 1 is 1.03 bits per heavy atom. The van der Waals surface area contributed by atoms with Crippen molar-refractivity contribution in [1.29, 1.82) is 0 Å². The van der Waals surface area contributed by atoms with Crippen molar-refractivity contribution in [3.63, 3.8) is 0 Å². The minimum absolute atomic E-state index is 0.136. The number of carbonyl (C=O) groups excluding carboxylic acids is 2. The van der Waals surface area contributed by atoms with Gasteiger partial charge in [-0.3, -0.25) is 9.59 Å². The molecule has 7 nitrogen and oxygen atoms in total. The molecule has 1 heterocycles. The van der Waals surface area contributed by atoms with Crippen molar-refractivity contribution in [3.05, 3.63) is 57.9 Å². The highest BCUT2D eigenvalue weighted by Crippen LogP contribution is 2.46. The van der Waals surface area contributed by atoms with Gasteiger partial charge in [0.2, 0.25) is 0 Å². The largest absolute Gasteiger partial charge is 0.478 e. The Morgan fingerprint density at radius 2 is 1.59 bits per heavy atom. The van der Waals surface area contributed by atoms with Crippen LogP contribution in [0, 0.1) is 5.41 Å². The molecule has 0 radical (unpaired) electrons. The summed E-state index contributed by atoms with van der Waals surface area (Å²) in [5.41, 5.74) is -2.61. The van der Waals surface area contributed by atoms with Gasteiger partial charge in [0.1, 0.15) is 6.73 Å². The van der Waals surface area contributed by atoms with Crippen LogP contribution < -0.4 is 0 Å². The molecule has 1 aliphatic rings. The van der Waals surface area contributed by atoms with E-state index in [2.05, 4.69) is 0 Å². The van der Waals surface area contributed by atoms with Crippen LogP contribution in [0.15, 0.2) is 46.8 Å². The number of esters is 1. The number of ketones is 1. The molecule has 0 aliphatic carbocycles. The molecule has 1 aliphatic heterocycles.